The number of morpholine rings is 1. The molecule has 0 bridgehead atoms. The Balaban J connectivity index is 1.51. The second kappa shape index (κ2) is 12.4. The number of nitrogens with zero attached hydrogens (tertiary/aromatic N) is 3. The predicted molar refractivity (Wildman–Crippen MR) is 141 cm³/mol. The van der Waals surface area contributed by atoms with Crippen LogP contribution in [-0.2, 0) is 43.9 Å². The van der Waals surface area contributed by atoms with E-state index in [1.54, 1.807) is 15.7 Å². The molecule has 46 heavy (non-hydrogen) atoms. The molecule has 1 unspecified atom stereocenters. The van der Waals surface area contributed by atoms with Gasteiger partial charge in [0.1, 0.15) is 0 Å². The van der Waals surface area contributed by atoms with Crippen LogP contribution in [0, 0.1) is 0 Å². The highest BCUT2D eigenvalue weighted by Gasteiger charge is 2.54. The molecule has 5 rings (SSSR count). The third-order valence-electron chi connectivity index (χ3n) is 6.95. The molecule has 2 saturated heterocycles. The monoisotopic (exact) mass is 687 g/mol. The van der Waals surface area contributed by atoms with Gasteiger partial charge in [-0.1, -0.05) is 28.9 Å². The van der Waals surface area contributed by atoms with Crippen molar-refractivity contribution in [3.8, 4) is 0 Å². The number of rotatable bonds is 8. The maximum atomic E-state index is 14.4. The molecule has 1 aromatic heterocycles. The molecule has 0 aliphatic carbocycles. The lowest BCUT2D eigenvalue weighted by atomic mass is 9.99. The molecule has 2 aliphatic heterocycles. The van der Waals surface area contributed by atoms with Crippen molar-refractivity contribution in [3.63, 3.8) is 0 Å². The van der Waals surface area contributed by atoms with Crippen molar-refractivity contribution < 1.29 is 63.4 Å². The second-order valence-electron chi connectivity index (χ2n) is 10.1. The van der Waals surface area contributed by atoms with E-state index in [2.05, 4.69) is 14.6 Å². The van der Waals surface area contributed by atoms with Gasteiger partial charge < -0.3 is 19.2 Å². The Morgan fingerprint density at radius 2 is 1.74 bits per heavy atom. The summed E-state index contributed by atoms with van der Waals surface area (Å²) in [5, 5.41) is 1.84. The third kappa shape index (κ3) is 7.39. The Morgan fingerprint density at radius 3 is 2.35 bits per heavy atom. The van der Waals surface area contributed by atoms with Crippen LogP contribution in [0.1, 0.15) is 22.3 Å². The topological polar surface area (TPSA) is 105 Å². The van der Waals surface area contributed by atoms with Crippen LogP contribution in [-0.4, -0.2) is 67.5 Å². The van der Waals surface area contributed by atoms with Crippen LogP contribution >= 0.6 is 11.3 Å². The summed E-state index contributed by atoms with van der Waals surface area (Å²) in [4.78, 5) is 35.6. The summed E-state index contributed by atoms with van der Waals surface area (Å²) in [6.07, 6.45) is -17.0. The Labute approximate surface area is 256 Å². The summed E-state index contributed by atoms with van der Waals surface area (Å²) < 4.78 is 132. The van der Waals surface area contributed by atoms with E-state index in [1.165, 1.54) is 6.07 Å². The number of alkyl halides is 9. The highest BCUT2D eigenvalue weighted by molar-refractivity contribution is 7.22. The van der Waals surface area contributed by atoms with Gasteiger partial charge >= 0.3 is 36.4 Å². The molecule has 3 heterocycles. The van der Waals surface area contributed by atoms with Crippen LogP contribution in [0.15, 0.2) is 36.4 Å². The Kier molecular flexibility index (Phi) is 9.01. The number of hydrogen-bond acceptors (Lipinski definition) is 10. The minimum atomic E-state index is -5.64. The van der Waals surface area contributed by atoms with E-state index in [0.29, 0.717) is 45.0 Å². The summed E-state index contributed by atoms with van der Waals surface area (Å²) in [5.41, 5.74) is -1.81. The number of halogens is 9. The number of hydrogen-bond donors (Lipinski definition) is 2. The van der Waals surface area contributed by atoms with Crippen LogP contribution < -0.4 is 15.7 Å². The molecular formula is C26H22F9N5O5S. The van der Waals surface area contributed by atoms with Crippen molar-refractivity contribution in [2.45, 2.75) is 30.9 Å². The fourth-order valence-corrected chi connectivity index (χ4v) is 5.77. The molecule has 3 aromatic rings. The van der Waals surface area contributed by atoms with Crippen molar-refractivity contribution in [2.75, 3.05) is 44.3 Å². The predicted octanol–water partition coefficient (Wildman–Crippen LogP) is 5.13. The van der Waals surface area contributed by atoms with Crippen LogP contribution in [0.3, 0.4) is 0 Å². The standard InChI is InChI=1S/C26H22F9N5O5S/c27-23(28,29)15-2-4-18-19(12-15)46-21(36-18)40(6-5-39-7-9-43-10-8-39)13-14-1-3-16(17(11-14)24(30,31)32)26(37-22(42)45-38-26)44-20(41)25(33,34)35/h1-4,11-12,38H,5-10,13H2,(H,37,42). The zero-order valence-corrected chi connectivity index (χ0v) is 23.9. The average Bonchev–Trinajstić information content (AvgIpc) is 3.57. The molecule has 2 aromatic carbocycles. The lowest BCUT2D eigenvalue weighted by Gasteiger charge is -2.31. The lowest BCUT2D eigenvalue weighted by Crippen LogP contribution is -2.53. The molecular weight excluding hydrogens is 665 g/mol. The van der Waals surface area contributed by atoms with Crippen molar-refractivity contribution in [1.29, 1.82) is 0 Å². The van der Waals surface area contributed by atoms with E-state index in [0.717, 1.165) is 29.5 Å². The van der Waals surface area contributed by atoms with Crippen molar-refractivity contribution in [2.24, 2.45) is 0 Å². The number of anilines is 1. The number of carbonyl (C=O) groups excluding carboxylic acids is 2. The number of esters is 1. The van der Waals surface area contributed by atoms with Crippen molar-refractivity contribution in [3.05, 3.63) is 58.7 Å². The maximum Gasteiger partial charge on any atom is 0.491 e. The largest absolute Gasteiger partial charge is 0.491 e. The Morgan fingerprint density at radius 1 is 1.02 bits per heavy atom. The first-order valence-corrected chi connectivity index (χ1v) is 14.1. The highest BCUT2D eigenvalue weighted by Crippen LogP contribution is 2.40. The van der Waals surface area contributed by atoms with Crippen LogP contribution in [0.5, 0.6) is 0 Å². The minimum Gasteiger partial charge on any atom is -0.411 e. The molecule has 250 valence electrons. The lowest BCUT2D eigenvalue weighted by molar-refractivity contribution is -0.225. The number of nitrogens with one attached hydrogen (secondary N) is 2. The van der Waals surface area contributed by atoms with Crippen LogP contribution in [0.25, 0.3) is 10.2 Å². The van der Waals surface area contributed by atoms with Gasteiger partial charge in [0, 0.05) is 38.3 Å². The van der Waals surface area contributed by atoms with Gasteiger partial charge in [-0.2, -0.15) is 39.5 Å². The molecule has 0 radical (unpaired) electrons. The number of ether oxygens (including phenoxy) is 2. The molecule has 10 nitrogen and oxygen atoms in total. The molecule has 0 saturated carbocycles. The summed E-state index contributed by atoms with van der Waals surface area (Å²) in [5.74, 6) is -6.10. The smallest absolute Gasteiger partial charge is 0.411 e. The molecule has 1 amide bonds. The van der Waals surface area contributed by atoms with E-state index < -0.39 is 53.1 Å². The minimum absolute atomic E-state index is 0.0455. The van der Waals surface area contributed by atoms with Gasteiger partial charge in [-0.25, -0.2) is 14.6 Å². The summed E-state index contributed by atoms with van der Waals surface area (Å²) in [7, 11) is 0. The number of hydroxylamine groups is 1. The number of carbonyl (C=O) groups is 2. The third-order valence-corrected chi connectivity index (χ3v) is 8.03. The van der Waals surface area contributed by atoms with E-state index in [-0.39, 0.29) is 34.0 Å². The van der Waals surface area contributed by atoms with Gasteiger partial charge in [-0.15, -0.1) is 0 Å². The van der Waals surface area contributed by atoms with Gasteiger partial charge in [0.2, 0.25) is 0 Å². The fraction of sp³-hybridized carbons (Fsp3) is 0.423. The summed E-state index contributed by atoms with van der Waals surface area (Å²) in [6, 6.07) is 5.34. The second-order valence-corrected chi connectivity index (χ2v) is 11.1. The van der Waals surface area contributed by atoms with Gasteiger partial charge in [0.15, 0.2) is 5.13 Å². The van der Waals surface area contributed by atoms with Gasteiger partial charge in [-0.05, 0) is 29.8 Å². The van der Waals surface area contributed by atoms with Gasteiger partial charge in [0.25, 0.3) is 0 Å². The van der Waals surface area contributed by atoms with E-state index in [4.69, 9.17) is 4.74 Å². The molecule has 2 aliphatic rings. The zero-order chi connectivity index (χ0) is 33.5. The summed E-state index contributed by atoms with van der Waals surface area (Å²) >= 11 is 0.895. The first kappa shape index (κ1) is 33.5. The highest BCUT2D eigenvalue weighted by atomic mass is 32.1. The Bertz CT molecular complexity index is 1610. The molecule has 0 spiro atoms. The van der Waals surface area contributed by atoms with Crippen LogP contribution in [0.2, 0.25) is 0 Å². The van der Waals surface area contributed by atoms with E-state index >= 15 is 0 Å². The van der Waals surface area contributed by atoms with Crippen LogP contribution in [0.4, 0.5) is 49.4 Å². The average molecular weight is 688 g/mol. The first-order valence-electron chi connectivity index (χ1n) is 13.2. The summed E-state index contributed by atoms with van der Waals surface area (Å²) in [6.45, 7) is 2.32. The van der Waals surface area contributed by atoms with E-state index in [1.807, 2.05) is 4.90 Å². The number of thiazole rings is 1. The van der Waals surface area contributed by atoms with Crippen molar-refractivity contribution in [1.82, 2.24) is 20.7 Å². The molecule has 20 heteroatoms. The number of fused-ring (bicyclic) bond motifs is 1. The zero-order valence-electron chi connectivity index (χ0n) is 23.1. The fourth-order valence-electron chi connectivity index (χ4n) is 4.74. The first-order chi connectivity index (χ1) is 21.4. The molecule has 1 atom stereocenters. The maximum absolute atomic E-state index is 14.4. The van der Waals surface area contributed by atoms with Crippen molar-refractivity contribution >= 4 is 38.7 Å². The molecule has 2 fully saturated rings. The number of amides is 1. The molecule has 2 N–H and O–H groups in total. The number of aromatic nitrogens is 1. The van der Waals surface area contributed by atoms with E-state index in [9.17, 15) is 49.1 Å². The quantitative estimate of drug-likeness (QED) is 0.246. The number of benzene rings is 2. The van der Waals surface area contributed by atoms with Gasteiger partial charge in [0.05, 0.1) is 34.6 Å². The normalized spacial score (nSPS) is 19.6. The SMILES string of the molecule is O=C1NC(OC(=O)C(F)(F)F)(c2ccc(CN(CCN3CCOCC3)c3nc4ccc(C(F)(F)F)cc4s3)cc2C(F)(F)F)NO1. The van der Waals surface area contributed by atoms with Gasteiger partial charge in [-0.3, -0.25) is 10.2 Å². The Hall–Kier alpha value is -3.88.